The van der Waals surface area contributed by atoms with Crippen molar-refractivity contribution in [1.29, 1.82) is 0 Å². The van der Waals surface area contributed by atoms with Gasteiger partial charge in [0.1, 0.15) is 0 Å². The molecule has 0 fully saturated rings. The Labute approximate surface area is 88.8 Å². The first-order valence-corrected chi connectivity index (χ1v) is 5.35. The maximum absolute atomic E-state index is 5.61. The van der Waals surface area contributed by atoms with E-state index in [1.54, 1.807) is 0 Å². The maximum Gasteiger partial charge on any atom is 0.0645 e. The Morgan fingerprint density at radius 3 is 2.29 bits per heavy atom. The van der Waals surface area contributed by atoms with Gasteiger partial charge in [0.05, 0.1) is 13.2 Å². The predicted molar refractivity (Wildman–Crippen MR) is 61.7 cm³/mol. The first-order valence-electron chi connectivity index (χ1n) is 5.35. The molecule has 0 bridgehead atoms. The molecular weight excluding hydrogens is 176 g/mol. The van der Waals surface area contributed by atoms with E-state index in [2.05, 4.69) is 52.0 Å². The first-order chi connectivity index (χ1) is 6.36. The van der Waals surface area contributed by atoms with E-state index in [-0.39, 0.29) is 5.54 Å². The molecule has 14 heavy (non-hydrogen) atoms. The Bertz CT molecular complexity index is 144. The highest BCUT2D eigenvalue weighted by Gasteiger charge is 2.19. The molecule has 0 heterocycles. The van der Waals surface area contributed by atoms with Crippen LogP contribution in [0.5, 0.6) is 0 Å². The Morgan fingerprint density at radius 2 is 1.86 bits per heavy atom. The molecule has 3 nitrogen and oxygen atoms in total. The van der Waals surface area contributed by atoms with E-state index in [4.69, 9.17) is 4.74 Å². The molecule has 0 unspecified atom stereocenters. The molecule has 0 spiro atoms. The molecule has 0 saturated heterocycles. The quantitative estimate of drug-likeness (QED) is 0.631. The van der Waals surface area contributed by atoms with Crippen LogP contribution in [-0.4, -0.2) is 50.3 Å². The number of nitrogens with zero attached hydrogens (tertiary/aromatic N) is 1. The van der Waals surface area contributed by atoms with Crippen molar-refractivity contribution < 1.29 is 4.74 Å². The van der Waals surface area contributed by atoms with Gasteiger partial charge in [-0.3, -0.25) is 0 Å². The maximum atomic E-state index is 5.61. The van der Waals surface area contributed by atoms with Crippen molar-refractivity contribution in [3.63, 3.8) is 0 Å². The van der Waals surface area contributed by atoms with Crippen molar-refractivity contribution in [2.75, 3.05) is 33.9 Å². The van der Waals surface area contributed by atoms with Gasteiger partial charge in [0.15, 0.2) is 0 Å². The number of hydrogen-bond donors (Lipinski definition) is 1. The summed E-state index contributed by atoms with van der Waals surface area (Å²) < 4.78 is 5.61. The van der Waals surface area contributed by atoms with Gasteiger partial charge in [-0.05, 0) is 27.9 Å². The lowest BCUT2D eigenvalue weighted by molar-refractivity contribution is 0.0371. The van der Waals surface area contributed by atoms with Crippen molar-refractivity contribution in [3.8, 4) is 0 Å². The SMILES string of the molecule is CC(C)NCCOCC(C)(C)N(C)C. The Kier molecular flexibility index (Phi) is 6.33. The molecule has 0 aliphatic heterocycles. The molecule has 0 aliphatic rings. The zero-order valence-electron chi connectivity index (χ0n) is 10.6. The van der Waals surface area contributed by atoms with E-state index in [1.807, 2.05) is 0 Å². The molecule has 0 aromatic rings. The van der Waals surface area contributed by atoms with Crippen LogP contribution in [0, 0.1) is 0 Å². The van der Waals surface area contributed by atoms with Crippen molar-refractivity contribution in [3.05, 3.63) is 0 Å². The van der Waals surface area contributed by atoms with Gasteiger partial charge in [-0.15, -0.1) is 0 Å². The van der Waals surface area contributed by atoms with Crippen LogP contribution in [0.25, 0.3) is 0 Å². The summed E-state index contributed by atoms with van der Waals surface area (Å²) in [5.41, 5.74) is 0.123. The van der Waals surface area contributed by atoms with Crippen LogP contribution in [0.1, 0.15) is 27.7 Å². The third-order valence-electron chi connectivity index (χ3n) is 2.46. The summed E-state index contributed by atoms with van der Waals surface area (Å²) in [6.07, 6.45) is 0. The van der Waals surface area contributed by atoms with Crippen LogP contribution in [0.15, 0.2) is 0 Å². The number of likely N-dealkylation sites (N-methyl/N-ethyl adjacent to an activating group) is 1. The number of hydrogen-bond acceptors (Lipinski definition) is 3. The van der Waals surface area contributed by atoms with Crippen LogP contribution in [0.4, 0.5) is 0 Å². The second-order valence-corrected chi connectivity index (χ2v) is 4.87. The minimum absolute atomic E-state index is 0.123. The smallest absolute Gasteiger partial charge is 0.0645 e. The monoisotopic (exact) mass is 202 g/mol. The van der Waals surface area contributed by atoms with Crippen LogP contribution >= 0.6 is 0 Å². The van der Waals surface area contributed by atoms with Gasteiger partial charge in [0.2, 0.25) is 0 Å². The Balaban J connectivity index is 3.45. The van der Waals surface area contributed by atoms with E-state index in [1.165, 1.54) is 0 Å². The second-order valence-electron chi connectivity index (χ2n) is 4.87. The lowest BCUT2D eigenvalue weighted by Crippen LogP contribution is -2.43. The fourth-order valence-electron chi connectivity index (χ4n) is 0.871. The van der Waals surface area contributed by atoms with E-state index in [9.17, 15) is 0 Å². The van der Waals surface area contributed by atoms with Gasteiger partial charge < -0.3 is 15.0 Å². The number of nitrogens with one attached hydrogen (secondary N) is 1. The van der Waals surface area contributed by atoms with Crippen molar-refractivity contribution in [2.45, 2.75) is 39.3 Å². The fourth-order valence-corrected chi connectivity index (χ4v) is 0.871. The summed E-state index contributed by atoms with van der Waals surface area (Å²) in [4.78, 5) is 2.18. The lowest BCUT2D eigenvalue weighted by Gasteiger charge is -2.32. The number of ether oxygens (including phenoxy) is 1. The molecule has 0 radical (unpaired) electrons. The summed E-state index contributed by atoms with van der Waals surface area (Å²) >= 11 is 0. The van der Waals surface area contributed by atoms with Gasteiger partial charge >= 0.3 is 0 Å². The summed E-state index contributed by atoms with van der Waals surface area (Å²) in [7, 11) is 4.16. The van der Waals surface area contributed by atoms with Crippen molar-refractivity contribution >= 4 is 0 Å². The molecule has 86 valence electrons. The standard InChI is InChI=1S/C11H26N2O/c1-10(2)12-7-8-14-9-11(3,4)13(5)6/h10,12H,7-9H2,1-6H3. The third kappa shape index (κ3) is 6.35. The summed E-state index contributed by atoms with van der Waals surface area (Å²) in [5.74, 6) is 0. The highest BCUT2D eigenvalue weighted by Crippen LogP contribution is 2.09. The van der Waals surface area contributed by atoms with Gasteiger partial charge in [0, 0.05) is 18.1 Å². The topological polar surface area (TPSA) is 24.5 Å². The van der Waals surface area contributed by atoms with Gasteiger partial charge in [-0.1, -0.05) is 13.8 Å². The minimum Gasteiger partial charge on any atom is -0.378 e. The zero-order valence-corrected chi connectivity index (χ0v) is 10.6. The molecule has 0 saturated carbocycles. The van der Waals surface area contributed by atoms with E-state index in [0.29, 0.717) is 6.04 Å². The predicted octanol–water partition coefficient (Wildman–Crippen LogP) is 1.34. The summed E-state index contributed by atoms with van der Waals surface area (Å²) in [6, 6.07) is 0.542. The summed E-state index contributed by atoms with van der Waals surface area (Å²) in [5, 5.41) is 3.32. The van der Waals surface area contributed by atoms with E-state index < -0.39 is 0 Å². The molecule has 3 heteroatoms. The molecule has 0 aromatic carbocycles. The largest absolute Gasteiger partial charge is 0.378 e. The average Bonchev–Trinajstić information content (AvgIpc) is 2.02. The van der Waals surface area contributed by atoms with Crippen LogP contribution in [0.3, 0.4) is 0 Å². The van der Waals surface area contributed by atoms with Crippen LogP contribution < -0.4 is 5.32 Å². The van der Waals surface area contributed by atoms with Crippen LogP contribution in [0.2, 0.25) is 0 Å². The fraction of sp³-hybridized carbons (Fsp3) is 1.00. The molecule has 0 aromatic heterocycles. The third-order valence-corrected chi connectivity index (χ3v) is 2.46. The molecule has 0 atom stereocenters. The highest BCUT2D eigenvalue weighted by atomic mass is 16.5. The molecule has 0 aliphatic carbocycles. The molecule has 0 amide bonds. The molecular formula is C11H26N2O. The average molecular weight is 202 g/mol. The van der Waals surface area contributed by atoms with E-state index in [0.717, 1.165) is 19.8 Å². The van der Waals surface area contributed by atoms with Crippen molar-refractivity contribution in [2.24, 2.45) is 0 Å². The minimum atomic E-state index is 0.123. The summed E-state index contributed by atoms with van der Waals surface area (Å²) in [6.45, 7) is 11.1. The highest BCUT2D eigenvalue weighted by molar-refractivity contribution is 4.76. The molecule has 0 rings (SSSR count). The van der Waals surface area contributed by atoms with Gasteiger partial charge in [-0.2, -0.15) is 0 Å². The number of rotatable bonds is 7. The van der Waals surface area contributed by atoms with E-state index >= 15 is 0 Å². The van der Waals surface area contributed by atoms with Gasteiger partial charge in [0.25, 0.3) is 0 Å². The van der Waals surface area contributed by atoms with Gasteiger partial charge in [-0.25, -0.2) is 0 Å². The zero-order chi connectivity index (χ0) is 11.2. The Morgan fingerprint density at radius 1 is 1.29 bits per heavy atom. The van der Waals surface area contributed by atoms with Crippen molar-refractivity contribution in [1.82, 2.24) is 10.2 Å². The van der Waals surface area contributed by atoms with Crippen LogP contribution in [-0.2, 0) is 4.74 Å². The molecule has 1 N–H and O–H groups in total. The lowest BCUT2D eigenvalue weighted by atomic mass is 10.1. The normalized spacial score (nSPS) is 12.9. The second kappa shape index (κ2) is 6.38. The first kappa shape index (κ1) is 13.9. The Hall–Kier alpha value is -0.120.